The Bertz CT molecular complexity index is 303. The van der Waals surface area contributed by atoms with E-state index in [1.165, 1.54) is 0 Å². The highest BCUT2D eigenvalue weighted by Gasteiger charge is 2.22. The average molecular weight is 269 g/mol. The third kappa shape index (κ3) is 4.82. The van der Waals surface area contributed by atoms with Crippen molar-refractivity contribution in [3.63, 3.8) is 0 Å². The van der Waals surface area contributed by atoms with Gasteiger partial charge < -0.3 is 15.1 Å². The van der Waals surface area contributed by atoms with Crippen molar-refractivity contribution in [1.82, 2.24) is 15.1 Å². The van der Waals surface area contributed by atoms with E-state index in [4.69, 9.17) is 0 Å². The minimum Gasteiger partial charge on any atom is -0.343 e. The van der Waals surface area contributed by atoms with Gasteiger partial charge in [0.1, 0.15) is 0 Å². The van der Waals surface area contributed by atoms with Crippen LogP contribution in [0.5, 0.6) is 0 Å². The van der Waals surface area contributed by atoms with Crippen LogP contribution in [0, 0.1) is 0 Å². The second-order valence-corrected chi connectivity index (χ2v) is 5.06. The molecule has 1 atom stereocenters. The fourth-order valence-electron chi connectivity index (χ4n) is 2.48. The van der Waals surface area contributed by atoms with Crippen LogP contribution < -0.4 is 5.32 Å². The number of rotatable bonds is 6. The van der Waals surface area contributed by atoms with Crippen molar-refractivity contribution < 1.29 is 9.59 Å². The van der Waals surface area contributed by atoms with Crippen LogP contribution in [0.25, 0.3) is 0 Å². The molecule has 5 nitrogen and oxygen atoms in total. The molecule has 1 aliphatic heterocycles. The van der Waals surface area contributed by atoms with Crippen LogP contribution in [0.2, 0.25) is 0 Å². The Labute approximate surface area is 116 Å². The third-order valence-electron chi connectivity index (χ3n) is 3.72. The van der Waals surface area contributed by atoms with E-state index in [0.29, 0.717) is 19.3 Å². The summed E-state index contributed by atoms with van der Waals surface area (Å²) in [5.74, 6) is 0.340. The van der Waals surface area contributed by atoms with Crippen LogP contribution in [0.4, 0.5) is 0 Å². The molecule has 1 heterocycles. The van der Waals surface area contributed by atoms with Gasteiger partial charge in [0.2, 0.25) is 11.8 Å². The molecule has 1 N–H and O–H groups in total. The van der Waals surface area contributed by atoms with Crippen LogP contribution in [0.3, 0.4) is 0 Å². The van der Waals surface area contributed by atoms with Crippen molar-refractivity contribution >= 4 is 11.8 Å². The maximum Gasteiger partial charge on any atom is 0.222 e. The van der Waals surface area contributed by atoms with E-state index in [1.807, 2.05) is 23.6 Å². The van der Waals surface area contributed by atoms with E-state index in [1.54, 1.807) is 0 Å². The van der Waals surface area contributed by atoms with Gasteiger partial charge >= 0.3 is 0 Å². The summed E-state index contributed by atoms with van der Waals surface area (Å²) in [5, 5.41) is 3.27. The Morgan fingerprint density at radius 2 is 1.95 bits per heavy atom. The van der Waals surface area contributed by atoms with Crippen LogP contribution in [-0.2, 0) is 9.59 Å². The number of nitrogens with one attached hydrogen (secondary N) is 1. The van der Waals surface area contributed by atoms with Crippen LogP contribution >= 0.6 is 0 Å². The molecule has 0 aromatic heterocycles. The summed E-state index contributed by atoms with van der Waals surface area (Å²) in [4.78, 5) is 27.6. The monoisotopic (exact) mass is 269 g/mol. The molecule has 1 aliphatic rings. The maximum absolute atomic E-state index is 12.1. The van der Waals surface area contributed by atoms with E-state index in [2.05, 4.69) is 12.2 Å². The topological polar surface area (TPSA) is 52.7 Å². The molecule has 19 heavy (non-hydrogen) atoms. The summed E-state index contributed by atoms with van der Waals surface area (Å²) < 4.78 is 0. The van der Waals surface area contributed by atoms with Crippen molar-refractivity contribution in [1.29, 1.82) is 0 Å². The first kappa shape index (κ1) is 16.0. The van der Waals surface area contributed by atoms with Crippen molar-refractivity contribution in [2.45, 2.75) is 46.1 Å². The molecule has 0 saturated carbocycles. The highest BCUT2D eigenvalue weighted by atomic mass is 16.2. The van der Waals surface area contributed by atoms with E-state index in [0.717, 1.165) is 32.7 Å². The van der Waals surface area contributed by atoms with Gasteiger partial charge in [-0.05, 0) is 27.2 Å². The Kier molecular flexibility index (Phi) is 6.84. The summed E-state index contributed by atoms with van der Waals surface area (Å²) in [6.45, 7) is 10.0. The first-order chi connectivity index (χ1) is 9.10. The Balaban J connectivity index is 2.28. The Morgan fingerprint density at radius 3 is 2.53 bits per heavy atom. The van der Waals surface area contributed by atoms with Gasteiger partial charge in [0, 0.05) is 51.6 Å². The fraction of sp³-hybridized carbons (Fsp3) is 0.857. The van der Waals surface area contributed by atoms with E-state index >= 15 is 0 Å². The first-order valence-corrected chi connectivity index (χ1v) is 7.38. The van der Waals surface area contributed by atoms with Crippen molar-refractivity contribution in [3.05, 3.63) is 0 Å². The van der Waals surface area contributed by atoms with Gasteiger partial charge in [0.05, 0.1) is 0 Å². The van der Waals surface area contributed by atoms with Gasteiger partial charge in [-0.3, -0.25) is 9.59 Å². The molecule has 0 aromatic carbocycles. The number of hydrogen-bond donors (Lipinski definition) is 1. The minimum atomic E-state index is 0.158. The Morgan fingerprint density at radius 1 is 1.26 bits per heavy atom. The fourth-order valence-corrected chi connectivity index (χ4v) is 2.48. The van der Waals surface area contributed by atoms with Gasteiger partial charge in [0.15, 0.2) is 0 Å². The van der Waals surface area contributed by atoms with Crippen LogP contribution in [0.15, 0.2) is 0 Å². The molecular formula is C14H27N3O2. The summed E-state index contributed by atoms with van der Waals surface area (Å²) >= 11 is 0. The van der Waals surface area contributed by atoms with Crippen LogP contribution in [-0.4, -0.2) is 60.4 Å². The highest BCUT2D eigenvalue weighted by molar-refractivity contribution is 5.79. The second-order valence-electron chi connectivity index (χ2n) is 5.06. The van der Waals surface area contributed by atoms with Crippen molar-refractivity contribution in [2.24, 2.45) is 0 Å². The molecule has 110 valence electrons. The lowest BCUT2D eigenvalue weighted by atomic mass is 10.1. The zero-order valence-corrected chi connectivity index (χ0v) is 12.4. The zero-order chi connectivity index (χ0) is 14.3. The SMILES string of the molecule is CCN(CC)C(=O)CCCC(=O)N1CCNCC1C. The second kappa shape index (κ2) is 8.15. The minimum absolute atomic E-state index is 0.158. The van der Waals surface area contributed by atoms with Gasteiger partial charge in [-0.1, -0.05) is 0 Å². The van der Waals surface area contributed by atoms with E-state index in [-0.39, 0.29) is 17.9 Å². The molecule has 1 fully saturated rings. The molecular weight excluding hydrogens is 242 g/mol. The van der Waals surface area contributed by atoms with Gasteiger partial charge in [-0.15, -0.1) is 0 Å². The summed E-state index contributed by atoms with van der Waals surface area (Å²) in [5.41, 5.74) is 0. The molecule has 2 amide bonds. The predicted octanol–water partition coefficient (Wildman–Crippen LogP) is 0.845. The molecule has 1 rings (SSSR count). The summed E-state index contributed by atoms with van der Waals surface area (Å²) in [6, 6.07) is 0.264. The largest absolute Gasteiger partial charge is 0.343 e. The third-order valence-corrected chi connectivity index (χ3v) is 3.72. The molecule has 0 aromatic rings. The number of piperazine rings is 1. The Hall–Kier alpha value is -1.10. The molecule has 0 bridgehead atoms. The maximum atomic E-state index is 12.1. The van der Waals surface area contributed by atoms with Gasteiger partial charge in [0.25, 0.3) is 0 Å². The van der Waals surface area contributed by atoms with Crippen molar-refractivity contribution in [3.8, 4) is 0 Å². The number of carbonyl (C=O) groups excluding carboxylic acids is 2. The molecule has 0 radical (unpaired) electrons. The standard InChI is InChI=1S/C14H27N3O2/c1-4-16(5-2)13(18)7-6-8-14(19)17-10-9-15-11-12(17)3/h12,15H,4-11H2,1-3H3. The summed E-state index contributed by atoms with van der Waals surface area (Å²) in [7, 11) is 0. The quantitative estimate of drug-likeness (QED) is 0.777. The van der Waals surface area contributed by atoms with E-state index in [9.17, 15) is 9.59 Å². The molecule has 1 unspecified atom stereocenters. The van der Waals surface area contributed by atoms with Crippen molar-refractivity contribution in [2.75, 3.05) is 32.7 Å². The predicted molar refractivity (Wildman–Crippen MR) is 75.8 cm³/mol. The molecule has 0 aliphatic carbocycles. The van der Waals surface area contributed by atoms with Gasteiger partial charge in [-0.25, -0.2) is 0 Å². The number of amides is 2. The lowest BCUT2D eigenvalue weighted by Gasteiger charge is -2.34. The first-order valence-electron chi connectivity index (χ1n) is 7.38. The number of nitrogens with zero attached hydrogens (tertiary/aromatic N) is 2. The average Bonchev–Trinajstić information content (AvgIpc) is 2.40. The lowest BCUT2D eigenvalue weighted by Crippen LogP contribution is -2.52. The summed E-state index contributed by atoms with van der Waals surface area (Å²) in [6.07, 6.45) is 1.62. The van der Waals surface area contributed by atoms with Gasteiger partial charge in [-0.2, -0.15) is 0 Å². The normalized spacial score (nSPS) is 19.3. The molecule has 1 saturated heterocycles. The van der Waals surface area contributed by atoms with E-state index < -0.39 is 0 Å². The molecule has 5 heteroatoms. The number of carbonyl (C=O) groups is 2. The smallest absolute Gasteiger partial charge is 0.222 e. The molecule has 0 spiro atoms. The highest BCUT2D eigenvalue weighted by Crippen LogP contribution is 2.08. The zero-order valence-electron chi connectivity index (χ0n) is 12.4. The lowest BCUT2D eigenvalue weighted by molar-refractivity contribution is -0.134. The number of hydrogen-bond acceptors (Lipinski definition) is 3. The van der Waals surface area contributed by atoms with Crippen LogP contribution in [0.1, 0.15) is 40.0 Å².